The fourth-order valence-corrected chi connectivity index (χ4v) is 1.52. The molecule has 0 saturated carbocycles. The molecular formula is C11H11NO. The van der Waals surface area contributed by atoms with E-state index >= 15 is 0 Å². The lowest BCUT2D eigenvalue weighted by atomic mass is 10.00. The molecule has 1 aromatic rings. The molecule has 13 heavy (non-hydrogen) atoms. The first-order chi connectivity index (χ1) is 6.31. The van der Waals surface area contributed by atoms with E-state index in [0.717, 1.165) is 23.4 Å². The molecular weight excluding hydrogens is 162 g/mol. The monoisotopic (exact) mass is 173 g/mol. The molecule has 0 atom stereocenters. The normalized spacial score (nSPS) is 14.6. The highest BCUT2D eigenvalue weighted by Gasteiger charge is 2.15. The third-order valence-corrected chi connectivity index (χ3v) is 2.25. The molecule has 1 aromatic carbocycles. The number of anilines is 1. The Kier molecular flexibility index (Phi) is 1.89. The summed E-state index contributed by atoms with van der Waals surface area (Å²) in [6.07, 6.45) is 2.34. The van der Waals surface area contributed by atoms with Gasteiger partial charge in [-0.2, -0.15) is 0 Å². The second-order valence-corrected chi connectivity index (χ2v) is 3.11. The van der Waals surface area contributed by atoms with Crippen molar-refractivity contribution >= 4 is 17.5 Å². The summed E-state index contributed by atoms with van der Waals surface area (Å²) < 4.78 is 0. The quantitative estimate of drug-likeness (QED) is 0.706. The fourth-order valence-electron chi connectivity index (χ4n) is 1.52. The fraction of sp³-hybridized carbons (Fsp3) is 0.182. The molecule has 0 spiro atoms. The number of carbonyl (C=O) groups excluding carboxylic acids is 1. The molecule has 1 aliphatic heterocycles. The highest BCUT2D eigenvalue weighted by molar-refractivity contribution is 6.03. The molecule has 66 valence electrons. The highest BCUT2D eigenvalue weighted by atomic mass is 16.1. The third kappa shape index (κ3) is 1.35. The van der Waals surface area contributed by atoms with Crippen LogP contribution >= 0.6 is 0 Å². The molecule has 2 heteroatoms. The van der Waals surface area contributed by atoms with Crippen LogP contribution < -0.4 is 5.32 Å². The summed E-state index contributed by atoms with van der Waals surface area (Å²) in [6.45, 7) is 4.42. The molecule has 0 aliphatic carbocycles. The van der Waals surface area contributed by atoms with Crippen LogP contribution in [0.15, 0.2) is 24.8 Å². The van der Waals surface area contributed by atoms with Gasteiger partial charge in [0, 0.05) is 24.2 Å². The number of hydrogen-bond donors (Lipinski definition) is 1. The molecule has 0 radical (unpaired) electrons. The third-order valence-electron chi connectivity index (χ3n) is 2.25. The van der Waals surface area contributed by atoms with Gasteiger partial charge >= 0.3 is 0 Å². The molecule has 0 fully saturated rings. The molecule has 0 amide bonds. The average molecular weight is 173 g/mol. The number of ketones is 1. The first-order valence-electron chi connectivity index (χ1n) is 4.35. The van der Waals surface area contributed by atoms with Gasteiger partial charge in [-0.25, -0.2) is 0 Å². The molecule has 0 aromatic heterocycles. The number of rotatable bonds is 1. The molecule has 0 saturated heterocycles. The minimum atomic E-state index is 0.220. The van der Waals surface area contributed by atoms with Gasteiger partial charge in [0.1, 0.15) is 0 Å². The molecule has 1 aliphatic rings. The Morgan fingerprint density at radius 3 is 3.08 bits per heavy atom. The summed E-state index contributed by atoms with van der Waals surface area (Å²) >= 11 is 0. The van der Waals surface area contributed by atoms with Gasteiger partial charge in [-0.15, -0.1) is 0 Å². The molecule has 1 heterocycles. The van der Waals surface area contributed by atoms with Gasteiger partial charge < -0.3 is 5.32 Å². The lowest BCUT2D eigenvalue weighted by Gasteiger charge is -2.16. The number of Topliss-reactive ketones (excluding diaryl/α,β-unsaturated/α-hetero) is 1. The van der Waals surface area contributed by atoms with E-state index in [0.29, 0.717) is 6.42 Å². The van der Waals surface area contributed by atoms with Crippen molar-refractivity contribution in [2.75, 3.05) is 11.9 Å². The van der Waals surface area contributed by atoms with E-state index in [9.17, 15) is 4.79 Å². The van der Waals surface area contributed by atoms with Gasteiger partial charge in [0.25, 0.3) is 0 Å². The summed E-state index contributed by atoms with van der Waals surface area (Å²) in [5.41, 5.74) is 2.74. The first-order valence-corrected chi connectivity index (χ1v) is 4.35. The lowest BCUT2D eigenvalue weighted by molar-refractivity contribution is 0.0983. The second kappa shape index (κ2) is 3.05. The van der Waals surface area contributed by atoms with Crippen molar-refractivity contribution in [2.45, 2.75) is 6.42 Å². The number of fused-ring (bicyclic) bond motifs is 1. The number of benzene rings is 1. The topological polar surface area (TPSA) is 29.1 Å². The minimum absolute atomic E-state index is 0.220. The summed E-state index contributed by atoms with van der Waals surface area (Å²) in [4.78, 5) is 11.5. The Morgan fingerprint density at radius 1 is 1.46 bits per heavy atom. The van der Waals surface area contributed by atoms with Crippen molar-refractivity contribution in [1.29, 1.82) is 0 Å². The van der Waals surface area contributed by atoms with Gasteiger partial charge in [-0.05, 0) is 17.7 Å². The van der Waals surface area contributed by atoms with E-state index in [1.165, 1.54) is 0 Å². The van der Waals surface area contributed by atoms with E-state index in [1.807, 2.05) is 18.2 Å². The highest BCUT2D eigenvalue weighted by Crippen LogP contribution is 2.23. The summed E-state index contributed by atoms with van der Waals surface area (Å²) in [5, 5.41) is 3.19. The molecule has 0 unspecified atom stereocenters. The minimum Gasteiger partial charge on any atom is -0.384 e. The Balaban J connectivity index is 2.53. The SMILES string of the molecule is C=Cc1ccc2c(c1)C(=O)CCN2. The maximum Gasteiger partial charge on any atom is 0.166 e. The van der Waals surface area contributed by atoms with Crippen LogP contribution in [0.2, 0.25) is 0 Å². The van der Waals surface area contributed by atoms with Crippen molar-refractivity contribution in [2.24, 2.45) is 0 Å². The zero-order valence-corrected chi connectivity index (χ0v) is 7.34. The van der Waals surface area contributed by atoms with E-state index in [2.05, 4.69) is 11.9 Å². The zero-order valence-electron chi connectivity index (χ0n) is 7.34. The van der Waals surface area contributed by atoms with Crippen LogP contribution in [0.25, 0.3) is 6.08 Å². The van der Waals surface area contributed by atoms with Gasteiger partial charge in [-0.3, -0.25) is 4.79 Å². The van der Waals surface area contributed by atoms with Crippen LogP contribution in [-0.2, 0) is 0 Å². The zero-order chi connectivity index (χ0) is 9.26. The summed E-state index contributed by atoms with van der Waals surface area (Å²) in [6, 6.07) is 5.78. The van der Waals surface area contributed by atoms with Crippen molar-refractivity contribution in [3.63, 3.8) is 0 Å². The first kappa shape index (κ1) is 8.05. The summed E-state index contributed by atoms with van der Waals surface area (Å²) in [7, 11) is 0. The Labute approximate surface area is 77.3 Å². The number of nitrogens with one attached hydrogen (secondary N) is 1. The second-order valence-electron chi connectivity index (χ2n) is 3.11. The van der Waals surface area contributed by atoms with Crippen molar-refractivity contribution < 1.29 is 4.79 Å². The van der Waals surface area contributed by atoms with Crippen LogP contribution in [0.1, 0.15) is 22.3 Å². The van der Waals surface area contributed by atoms with Crippen LogP contribution in [0.5, 0.6) is 0 Å². The largest absolute Gasteiger partial charge is 0.384 e. The van der Waals surface area contributed by atoms with E-state index in [1.54, 1.807) is 6.08 Å². The van der Waals surface area contributed by atoms with Crippen molar-refractivity contribution in [3.05, 3.63) is 35.9 Å². The molecule has 2 rings (SSSR count). The van der Waals surface area contributed by atoms with E-state index in [-0.39, 0.29) is 5.78 Å². The Hall–Kier alpha value is -1.57. The smallest absolute Gasteiger partial charge is 0.166 e. The van der Waals surface area contributed by atoms with Gasteiger partial charge in [0.2, 0.25) is 0 Å². The number of carbonyl (C=O) groups is 1. The van der Waals surface area contributed by atoms with E-state index in [4.69, 9.17) is 0 Å². The molecule has 0 bridgehead atoms. The maximum atomic E-state index is 11.5. The predicted molar refractivity (Wildman–Crippen MR) is 54.0 cm³/mol. The van der Waals surface area contributed by atoms with Crippen molar-refractivity contribution in [3.8, 4) is 0 Å². The molecule has 1 N–H and O–H groups in total. The lowest BCUT2D eigenvalue weighted by Crippen LogP contribution is -2.17. The average Bonchev–Trinajstić information content (AvgIpc) is 2.18. The Morgan fingerprint density at radius 2 is 2.31 bits per heavy atom. The van der Waals surface area contributed by atoms with Gasteiger partial charge in [0.15, 0.2) is 5.78 Å². The Bertz CT molecular complexity index is 368. The number of hydrogen-bond acceptors (Lipinski definition) is 2. The van der Waals surface area contributed by atoms with Crippen LogP contribution in [0.4, 0.5) is 5.69 Å². The van der Waals surface area contributed by atoms with Crippen molar-refractivity contribution in [1.82, 2.24) is 0 Å². The standard InChI is InChI=1S/C11H11NO/c1-2-8-3-4-10-9(7-8)11(13)5-6-12-10/h2-4,7,12H,1,5-6H2. The van der Waals surface area contributed by atoms with Crippen LogP contribution in [0.3, 0.4) is 0 Å². The maximum absolute atomic E-state index is 11.5. The van der Waals surface area contributed by atoms with Gasteiger partial charge in [-0.1, -0.05) is 18.7 Å². The van der Waals surface area contributed by atoms with Gasteiger partial charge in [0.05, 0.1) is 0 Å². The van der Waals surface area contributed by atoms with E-state index < -0.39 is 0 Å². The molecule has 2 nitrogen and oxygen atoms in total. The summed E-state index contributed by atoms with van der Waals surface area (Å²) in [5.74, 6) is 0.220. The van der Waals surface area contributed by atoms with Crippen LogP contribution in [-0.4, -0.2) is 12.3 Å². The van der Waals surface area contributed by atoms with Crippen LogP contribution in [0, 0.1) is 0 Å². The predicted octanol–water partition coefficient (Wildman–Crippen LogP) is 2.33.